The molecule has 1 rings (SSSR count). The van der Waals surface area contributed by atoms with Crippen LogP contribution in [0.3, 0.4) is 0 Å². The van der Waals surface area contributed by atoms with Crippen LogP contribution in [-0.4, -0.2) is 0 Å². The molecule has 0 bridgehead atoms. The molecule has 0 aliphatic heterocycles. The van der Waals surface area contributed by atoms with Gasteiger partial charge in [0, 0.05) is 0 Å². The van der Waals surface area contributed by atoms with E-state index < -0.39 is 0 Å². The average molecular weight is 277 g/mol. The molecule has 0 aromatic carbocycles. The predicted octanol–water partition coefficient (Wildman–Crippen LogP) is 7.07. The van der Waals surface area contributed by atoms with E-state index >= 15 is 0 Å². The van der Waals surface area contributed by atoms with Crippen LogP contribution in [0.5, 0.6) is 0 Å². The Morgan fingerprint density at radius 2 is 1.00 bits per heavy atom. The van der Waals surface area contributed by atoms with Crippen LogP contribution in [-0.2, 0) is 0 Å². The van der Waals surface area contributed by atoms with Gasteiger partial charge in [0.2, 0.25) is 0 Å². The van der Waals surface area contributed by atoms with Crippen molar-refractivity contribution in [1.82, 2.24) is 0 Å². The van der Waals surface area contributed by atoms with Crippen molar-refractivity contribution in [2.75, 3.05) is 0 Å². The van der Waals surface area contributed by atoms with Gasteiger partial charge in [-0.1, -0.05) is 103 Å². The van der Waals surface area contributed by atoms with Crippen molar-refractivity contribution < 1.29 is 0 Å². The smallest absolute Gasteiger partial charge is 0.00550 e. The van der Waals surface area contributed by atoms with Crippen molar-refractivity contribution in [3.05, 3.63) is 24.3 Å². The molecule has 2 unspecified atom stereocenters. The molecule has 0 fully saturated rings. The van der Waals surface area contributed by atoms with E-state index in [-0.39, 0.29) is 0 Å². The summed E-state index contributed by atoms with van der Waals surface area (Å²) in [7, 11) is 0. The first-order chi connectivity index (χ1) is 9.58. The molecule has 0 heterocycles. The van der Waals surface area contributed by atoms with Crippen molar-refractivity contribution in [2.45, 2.75) is 91.9 Å². The Hall–Kier alpha value is -0.520. The molecule has 0 heteroatoms. The highest BCUT2D eigenvalue weighted by Gasteiger charge is 2.40. The molecule has 2 atom stereocenters. The van der Waals surface area contributed by atoms with E-state index in [2.05, 4.69) is 52.0 Å². The highest BCUT2D eigenvalue weighted by Crippen LogP contribution is 2.50. The molecule has 1 aliphatic rings. The lowest BCUT2D eigenvalue weighted by Gasteiger charge is -2.45. The number of rotatable bonds is 10. The van der Waals surface area contributed by atoms with Crippen molar-refractivity contribution in [3.63, 3.8) is 0 Å². The zero-order chi connectivity index (χ0) is 14.9. The van der Waals surface area contributed by atoms with Gasteiger partial charge >= 0.3 is 0 Å². The Labute approximate surface area is 127 Å². The third-order valence-electron chi connectivity index (χ3n) is 5.44. The molecular weight excluding hydrogens is 240 g/mol. The number of hydrogen-bond acceptors (Lipinski definition) is 0. The summed E-state index contributed by atoms with van der Waals surface area (Å²) >= 11 is 0. The first kappa shape index (κ1) is 17.5. The van der Waals surface area contributed by atoms with Crippen molar-refractivity contribution in [2.24, 2.45) is 10.8 Å². The summed E-state index contributed by atoms with van der Waals surface area (Å²) in [4.78, 5) is 0. The zero-order valence-corrected chi connectivity index (χ0v) is 14.4. The van der Waals surface area contributed by atoms with E-state index in [1.165, 1.54) is 64.2 Å². The molecule has 0 amide bonds. The van der Waals surface area contributed by atoms with Crippen molar-refractivity contribution in [1.29, 1.82) is 0 Å². The maximum Gasteiger partial charge on any atom is -0.00550 e. The van der Waals surface area contributed by atoms with Crippen LogP contribution in [0.4, 0.5) is 0 Å². The maximum absolute atomic E-state index is 2.48. The SMILES string of the molecule is CCCCCCC1(C)C=CC=CC1(C)CCCCCC. The minimum absolute atomic E-state index is 0.363. The monoisotopic (exact) mass is 276 g/mol. The lowest BCUT2D eigenvalue weighted by atomic mass is 9.59. The van der Waals surface area contributed by atoms with Gasteiger partial charge in [-0.3, -0.25) is 0 Å². The molecule has 0 nitrogen and oxygen atoms in total. The van der Waals surface area contributed by atoms with Gasteiger partial charge in [0.1, 0.15) is 0 Å². The minimum atomic E-state index is 0.363. The molecule has 0 saturated heterocycles. The van der Waals surface area contributed by atoms with E-state index in [4.69, 9.17) is 0 Å². The van der Waals surface area contributed by atoms with E-state index in [9.17, 15) is 0 Å². The Kier molecular flexibility index (Phi) is 7.62. The second kappa shape index (κ2) is 8.70. The Morgan fingerprint density at radius 3 is 1.35 bits per heavy atom. The minimum Gasteiger partial charge on any atom is -0.0777 e. The summed E-state index contributed by atoms with van der Waals surface area (Å²) in [6.45, 7) is 9.56. The molecule has 0 spiro atoms. The van der Waals surface area contributed by atoms with Crippen molar-refractivity contribution >= 4 is 0 Å². The summed E-state index contributed by atoms with van der Waals surface area (Å²) in [6, 6.07) is 0. The first-order valence-corrected chi connectivity index (χ1v) is 8.95. The van der Waals surface area contributed by atoms with Crippen LogP contribution in [0, 0.1) is 10.8 Å². The summed E-state index contributed by atoms with van der Waals surface area (Å²) in [5, 5.41) is 0. The topological polar surface area (TPSA) is 0 Å². The Morgan fingerprint density at radius 1 is 0.600 bits per heavy atom. The summed E-state index contributed by atoms with van der Waals surface area (Å²) in [5.41, 5.74) is 0.726. The van der Waals surface area contributed by atoms with E-state index in [1.54, 1.807) is 0 Å². The van der Waals surface area contributed by atoms with Gasteiger partial charge in [0.25, 0.3) is 0 Å². The predicted molar refractivity (Wildman–Crippen MR) is 92.0 cm³/mol. The number of allylic oxidation sites excluding steroid dienone is 4. The molecule has 0 aromatic heterocycles. The molecule has 0 N–H and O–H groups in total. The molecule has 20 heavy (non-hydrogen) atoms. The normalized spacial score (nSPS) is 29.0. The van der Waals surface area contributed by atoms with Gasteiger partial charge in [-0.2, -0.15) is 0 Å². The summed E-state index contributed by atoms with van der Waals surface area (Å²) in [5.74, 6) is 0. The Bertz CT molecular complexity index is 280. The van der Waals surface area contributed by atoms with Gasteiger partial charge in [-0.05, 0) is 23.7 Å². The molecule has 0 radical (unpaired) electrons. The molecule has 116 valence electrons. The van der Waals surface area contributed by atoms with Crippen LogP contribution in [0.1, 0.15) is 91.9 Å². The largest absolute Gasteiger partial charge is 0.0777 e. The van der Waals surface area contributed by atoms with Crippen molar-refractivity contribution in [3.8, 4) is 0 Å². The lowest BCUT2D eigenvalue weighted by molar-refractivity contribution is 0.142. The standard InChI is InChI=1S/C20H36/c1-5-7-9-11-15-19(3)17-13-14-18-20(19,4)16-12-10-8-6-2/h13-14,17-18H,5-12,15-16H2,1-4H3. The molecular formula is C20H36. The maximum atomic E-state index is 2.48. The van der Waals surface area contributed by atoms with Crippen LogP contribution in [0.15, 0.2) is 24.3 Å². The van der Waals surface area contributed by atoms with Crippen LogP contribution < -0.4 is 0 Å². The van der Waals surface area contributed by atoms with Gasteiger partial charge < -0.3 is 0 Å². The van der Waals surface area contributed by atoms with Gasteiger partial charge in [-0.25, -0.2) is 0 Å². The Balaban J connectivity index is 2.55. The van der Waals surface area contributed by atoms with Crippen LogP contribution in [0.25, 0.3) is 0 Å². The van der Waals surface area contributed by atoms with Gasteiger partial charge in [0.05, 0.1) is 0 Å². The third kappa shape index (κ3) is 4.79. The molecule has 1 aliphatic carbocycles. The second-order valence-corrected chi connectivity index (χ2v) is 7.17. The molecule has 0 saturated carbocycles. The van der Waals surface area contributed by atoms with Gasteiger partial charge in [-0.15, -0.1) is 0 Å². The third-order valence-corrected chi connectivity index (χ3v) is 5.44. The highest BCUT2D eigenvalue weighted by molar-refractivity contribution is 5.23. The fourth-order valence-corrected chi connectivity index (χ4v) is 3.49. The van der Waals surface area contributed by atoms with E-state index in [0.29, 0.717) is 10.8 Å². The zero-order valence-electron chi connectivity index (χ0n) is 14.4. The number of unbranched alkanes of at least 4 members (excludes halogenated alkanes) is 6. The first-order valence-electron chi connectivity index (χ1n) is 8.95. The fraction of sp³-hybridized carbons (Fsp3) is 0.800. The summed E-state index contributed by atoms with van der Waals surface area (Å²) in [6.07, 6.45) is 23.2. The lowest BCUT2D eigenvalue weighted by Crippen LogP contribution is -2.36. The fourth-order valence-electron chi connectivity index (χ4n) is 3.49. The summed E-state index contributed by atoms with van der Waals surface area (Å²) < 4.78 is 0. The molecule has 0 aromatic rings. The number of hydrogen-bond donors (Lipinski definition) is 0. The second-order valence-electron chi connectivity index (χ2n) is 7.17. The average Bonchev–Trinajstić information content (AvgIpc) is 2.44. The quantitative estimate of drug-likeness (QED) is 0.374. The van der Waals surface area contributed by atoms with Crippen LogP contribution in [0.2, 0.25) is 0 Å². The highest BCUT2D eigenvalue weighted by atomic mass is 14.4. The van der Waals surface area contributed by atoms with Crippen LogP contribution >= 0.6 is 0 Å². The van der Waals surface area contributed by atoms with E-state index in [0.717, 1.165) is 0 Å². The van der Waals surface area contributed by atoms with Gasteiger partial charge in [0.15, 0.2) is 0 Å². The van der Waals surface area contributed by atoms with E-state index in [1.807, 2.05) is 0 Å².